The Balaban J connectivity index is 2.71. The molecule has 0 bridgehead atoms. The van der Waals surface area contributed by atoms with Crippen LogP contribution in [-0.2, 0) is 6.54 Å². The van der Waals surface area contributed by atoms with Crippen LogP contribution < -0.4 is 11.5 Å². The zero-order chi connectivity index (χ0) is 8.27. The molecule has 0 aromatic carbocycles. The summed E-state index contributed by atoms with van der Waals surface area (Å²) in [6, 6.07) is -0.140. The topological polar surface area (TPSA) is 91.0 Å². The lowest BCUT2D eigenvalue weighted by atomic mass is 10.2. The van der Waals surface area contributed by atoms with E-state index in [1.807, 2.05) is 6.92 Å². The Hall–Kier alpha value is -0.940. The first kappa shape index (κ1) is 8.16. The van der Waals surface area contributed by atoms with Gasteiger partial charge < -0.3 is 16.0 Å². The van der Waals surface area contributed by atoms with Crippen molar-refractivity contribution in [2.24, 2.45) is 11.5 Å². The molecule has 11 heavy (non-hydrogen) atoms. The molecule has 62 valence electrons. The second-order valence-electron chi connectivity index (χ2n) is 2.27. The summed E-state index contributed by atoms with van der Waals surface area (Å²) >= 11 is 0. The lowest BCUT2D eigenvalue weighted by Crippen LogP contribution is -2.10. The molecular formula is C6H12N4O. The highest BCUT2D eigenvalue weighted by Crippen LogP contribution is 2.08. The van der Waals surface area contributed by atoms with E-state index in [0.717, 1.165) is 6.42 Å². The van der Waals surface area contributed by atoms with Crippen LogP contribution in [0.5, 0.6) is 0 Å². The van der Waals surface area contributed by atoms with Gasteiger partial charge in [0, 0.05) is 0 Å². The third-order valence-electron chi connectivity index (χ3n) is 1.43. The van der Waals surface area contributed by atoms with Gasteiger partial charge >= 0.3 is 0 Å². The largest absolute Gasteiger partial charge is 0.338 e. The molecule has 4 N–H and O–H groups in total. The minimum Gasteiger partial charge on any atom is -0.338 e. The highest BCUT2D eigenvalue weighted by Gasteiger charge is 2.10. The van der Waals surface area contributed by atoms with Gasteiger partial charge in [0.1, 0.15) is 0 Å². The average molecular weight is 156 g/mol. The molecule has 1 atom stereocenters. The predicted molar refractivity (Wildman–Crippen MR) is 39.4 cm³/mol. The molecule has 1 aromatic heterocycles. The molecule has 5 heteroatoms. The maximum atomic E-state index is 5.64. The van der Waals surface area contributed by atoms with Gasteiger partial charge in [-0.1, -0.05) is 12.1 Å². The molecule has 0 saturated carbocycles. The van der Waals surface area contributed by atoms with Crippen molar-refractivity contribution >= 4 is 0 Å². The highest BCUT2D eigenvalue weighted by molar-refractivity contribution is 4.91. The third kappa shape index (κ3) is 1.75. The number of aromatic nitrogens is 2. The maximum absolute atomic E-state index is 5.64. The Bertz CT molecular complexity index is 222. The summed E-state index contributed by atoms with van der Waals surface area (Å²) < 4.78 is 4.77. The number of nitrogens with two attached hydrogens (primary N) is 2. The van der Waals surface area contributed by atoms with Crippen LogP contribution in [0.3, 0.4) is 0 Å². The number of hydrogen-bond acceptors (Lipinski definition) is 5. The van der Waals surface area contributed by atoms with Gasteiger partial charge in [-0.15, -0.1) is 0 Å². The highest BCUT2D eigenvalue weighted by atomic mass is 16.5. The molecular weight excluding hydrogens is 144 g/mol. The smallest absolute Gasteiger partial charge is 0.240 e. The van der Waals surface area contributed by atoms with Crippen LogP contribution in [0.4, 0.5) is 0 Å². The Labute approximate surface area is 64.8 Å². The van der Waals surface area contributed by atoms with Gasteiger partial charge in [-0.05, 0) is 6.42 Å². The van der Waals surface area contributed by atoms with Crippen molar-refractivity contribution in [2.45, 2.75) is 25.9 Å². The Morgan fingerprint density at radius 1 is 1.64 bits per heavy atom. The number of rotatable bonds is 3. The minimum atomic E-state index is -0.140. The van der Waals surface area contributed by atoms with Gasteiger partial charge in [0.2, 0.25) is 5.89 Å². The van der Waals surface area contributed by atoms with Crippen molar-refractivity contribution in [2.75, 3.05) is 0 Å². The summed E-state index contributed by atoms with van der Waals surface area (Å²) in [5.74, 6) is 0.969. The van der Waals surface area contributed by atoms with E-state index in [2.05, 4.69) is 10.1 Å². The molecule has 1 rings (SSSR count). The van der Waals surface area contributed by atoms with Crippen molar-refractivity contribution in [3.63, 3.8) is 0 Å². The van der Waals surface area contributed by atoms with E-state index in [0.29, 0.717) is 11.7 Å². The van der Waals surface area contributed by atoms with E-state index in [1.165, 1.54) is 0 Å². The van der Waals surface area contributed by atoms with E-state index in [1.54, 1.807) is 0 Å². The van der Waals surface area contributed by atoms with Gasteiger partial charge in [-0.2, -0.15) is 4.98 Å². The van der Waals surface area contributed by atoms with Gasteiger partial charge in [0.25, 0.3) is 0 Å². The third-order valence-corrected chi connectivity index (χ3v) is 1.43. The van der Waals surface area contributed by atoms with Crippen molar-refractivity contribution in [1.29, 1.82) is 0 Å². The Kier molecular flexibility index (Phi) is 2.56. The number of hydrogen-bond donors (Lipinski definition) is 2. The molecule has 5 nitrogen and oxygen atoms in total. The van der Waals surface area contributed by atoms with E-state index in [9.17, 15) is 0 Å². The van der Waals surface area contributed by atoms with Gasteiger partial charge in [-0.3, -0.25) is 0 Å². The molecule has 0 fully saturated rings. The normalized spacial score (nSPS) is 13.4. The summed E-state index contributed by atoms with van der Waals surface area (Å²) in [7, 11) is 0. The molecule has 0 spiro atoms. The van der Waals surface area contributed by atoms with Crippen molar-refractivity contribution < 1.29 is 4.52 Å². The summed E-state index contributed by atoms with van der Waals surface area (Å²) in [4.78, 5) is 3.97. The lowest BCUT2D eigenvalue weighted by Gasteiger charge is -1.98. The van der Waals surface area contributed by atoms with Gasteiger partial charge in [0.15, 0.2) is 5.82 Å². The standard InChI is InChI=1S/C6H12N4O/c1-2-4(8)6-9-5(3-7)11-10-6/h4H,2-3,7-8H2,1H3. The average Bonchev–Trinajstić information content (AvgIpc) is 2.50. The van der Waals surface area contributed by atoms with Crippen molar-refractivity contribution in [3.8, 4) is 0 Å². The predicted octanol–water partition coefficient (Wildman–Crippen LogP) is -0.0619. The van der Waals surface area contributed by atoms with Crippen molar-refractivity contribution in [3.05, 3.63) is 11.7 Å². The van der Waals surface area contributed by atoms with Gasteiger partial charge in [0.05, 0.1) is 12.6 Å². The summed E-state index contributed by atoms with van der Waals surface area (Å²) in [5, 5.41) is 3.67. The zero-order valence-corrected chi connectivity index (χ0v) is 6.45. The molecule has 0 aliphatic heterocycles. The lowest BCUT2D eigenvalue weighted by molar-refractivity contribution is 0.370. The van der Waals surface area contributed by atoms with Crippen LogP contribution in [0, 0.1) is 0 Å². The summed E-state index contributed by atoms with van der Waals surface area (Å²) in [6.45, 7) is 2.23. The molecule has 1 heterocycles. The molecule has 0 radical (unpaired) electrons. The van der Waals surface area contributed by atoms with E-state index >= 15 is 0 Å². The Morgan fingerprint density at radius 3 is 2.82 bits per heavy atom. The van der Waals surface area contributed by atoms with E-state index in [-0.39, 0.29) is 12.6 Å². The molecule has 1 unspecified atom stereocenters. The monoisotopic (exact) mass is 156 g/mol. The molecule has 0 aliphatic rings. The van der Waals surface area contributed by atoms with Crippen molar-refractivity contribution in [1.82, 2.24) is 10.1 Å². The molecule has 0 saturated heterocycles. The number of nitrogens with zero attached hydrogens (tertiary/aromatic N) is 2. The van der Waals surface area contributed by atoms with Crippen LogP contribution in [-0.4, -0.2) is 10.1 Å². The van der Waals surface area contributed by atoms with Crippen LogP contribution in [0.15, 0.2) is 4.52 Å². The minimum absolute atomic E-state index is 0.140. The summed E-state index contributed by atoms with van der Waals surface area (Å²) in [5.41, 5.74) is 10.9. The van der Waals surface area contributed by atoms with E-state index < -0.39 is 0 Å². The maximum Gasteiger partial charge on any atom is 0.240 e. The van der Waals surface area contributed by atoms with E-state index in [4.69, 9.17) is 16.0 Å². The Morgan fingerprint density at radius 2 is 2.36 bits per heavy atom. The fourth-order valence-electron chi connectivity index (χ4n) is 0.684. The molecule has 0 aliphatic carbocycles. The quantitative estimate of drug-likeness (QED) is 0.639. The SMILES string of the molecule is CCC(N)c1noc(CN)n1. The molecule has 0 amide bonds. The zero-order valence-electron chi connectivity index (χ0n) is 6.45. The fraction of sp³-hybridized carbons (Fsp3) is 0.667. The van der Waals surface area contributed by atoms with Crippen LogP contribution in [0.25, 0.3) is 0 Å². The second-order valence-corrected chi connectivity index (χ2v) is 2.27. The first-order chi connectivity index (χ1) is 5.27. The fourth-order valence-corrected chi connectivity index (χ4v) is 0.684. The van der Waals surface area contributed by atoms with Crippen LogP contribution in [0.1, 0.15) is 31.1 Å². The second kappa shape index (κ2) is 3.45. The first-order valence-corrected chi connectivity index (χ1v) is 3.56. The first-order valence-electron chi connectivity index (χ1n) is 3.56. The van der Waals surface area contributed by atoms with Crippen LogP contribution >= 0.6 is 0 Å². The molecule has 1 aromatic rings. The van der Waals surface area contributed by atoms with Gasteiger partial charge in [-0.25, -0.2) is 0 Å². The summed E-state index contributed by atoms with van der Waals surface area (Å²) in [6.07, 6.45) is 0.795. The van der Waals surface area contributed by atoms with Crippen LogP contribution in [0.2, 0.25) is 0 Å².